The van der Waals surface area contributed by atoms with Gasteiger partial charge in [-0.2, -0.15) is 0 Å². The van der Waals surface area contributed by atoms with E-state index >= 15 is 0 Å². The van der Waals surface area contributed by atoms with Crippen molar-refractivity contribution in [1.82, 2.24) is 0 Å². The molecule has 0 rings (SSSR count). The van der Waals surface area contributed by atoms with Gasteiger partial charge in [-0.05, 0) is 49.4 Å². The largest absolute Gasteiger partial charge is 0.472 e. The molecule has 0 radical (unpaired) electrons. The van der Waals surface area contributed by atoms with Gasteiger partial charge in [0.15, 0.2) is 12.2 Å². The standard InChI is InChI=1S/C78H152O17P2/c1-9-70(7)56-48-40-34-36-43-51-59-76(81)89-65-73(94-77(82)60-52-44-33-29-25-21-17-19-23-27-31-39-47-55-69(5)6)66-92-96(84,85)90-62-72(79)63-91-97(86,87)93-67-74(95-78(83)61-53-45-37-35-41-49-57-71(8)10-2)64-88-75(80)58-50-42-32-28-24-20-16-14-12-11-13-15-18-22-26-30-38-46-54-68(3)4/h68-74,79H,9-67H2,1-8H3,(H,84,85)(H,86,87)/t70?,71?,72-,73+,74+/m0/s1. The molecule has 0 bridgehead atoms. The normalized spacial score (nSPS) is 14.6. The number of hydrogen-bond donors (Lipinski definition) is 3. The van der Waals surface area contributed by atoms with Gasteiger partial charge in [0.1, 0.15) is 19.3 Å². The molecule has 0 amide bonds. The molecule has 0 aromatic carbocycles. The maximum absolute atomic E-state index is 13.1. The summed E-state index contributed by atoms with van der Waals surface area (Å²) < 4.78 is 68.5. The van der Waals surface area contributed by atoms with Crippen molar-refractivity contribution in [2.45, 2.75) is 414 Å². The number of rotatable bonds is 75. The summed E-state index contributed by atoms with van der Waals surface area (Å²) in [6.07, 6.45) is 53.0. The SMILES string of the molecule is CCC(C)CCCCCCCCC(=O)OC[C@H](COP(=O)(O)OC[C@H](O)COP(=O)(O)OC[C@@H](COC(=O)CCCCCCCCCCCCCCCCCCCCC(C)C)OC(=O)CCCCCCCCC(C)CC)OC(=O)CCCCCCCCCCCCCCCC(C)C. The monoisotopic (exact) mass is 1420 g/mol. The zero-order valence-electron chi connectivity index (χ0n) is 63.7. The lowest BCUT2D eigenvalue weighted by molar-refractivity contribution is -0.161. The number of carbonyl (C=O) groups is 4. The number of ether oxygens (including phenoxy) is 4. The molecule has 0 saturated heterocycles. The highest BCUT2D eigenvalue weighted by molar-refractivity contribution is 7.47. The van der Waals surface area contributed by atoms with E-state index in [0.29, 0.717) is 25.7 Å². The third-order valence-electron chi connectivity index (χ3n) is 18.8. The summed E-state index contributed by atoms with van der Waals surface area (Å²) in [4.78, 5) is 72.8. The third kappa shape index (κ3) is 69.5. The molecule has 0 aliphatic carbocycles. The van der Waals surface area contributed by atoms with Crippen LogP contribution in [0.15, 0.2) is 0 Å². The smallest absolute Gasteiger partial charge is 0.462 e. The van der Waals surface area contributed by atoms with Crippen molar-refractivity contribution in [3.8, 4) is 0 Å². The third-order valence-corrected chi connectivity index (χ3v) is 20.7. The summed E-state index contributed by atoms with van der Waals surface area (Å²) >= 11 is 0. The molecule has 0 fully saturated rings. The van der Waals surface area contributed by atoms with Crippen LogP contribution in [-0.2, 0) is 65.4 Å². The predicted octanol–water partition coefficient (Wildman–Crippen LogP) is 22.8. The van der Waals surface area contributed by atoms with E-state index in [1.54, 1.807) is 0 Å². The molecule has 19 heteroatoms. The fourth-order valence-corrected chi connectivity index (χ4v) is 13.4. The van der Waals surface area contributed by atoms with Gasteiger partial charge in [0.25, 0.3) is 0 Å². The van der Waals surface area contributed by atoms with Crippen LogP contribution in [0.4, 0.5) is 0 Å². The van der Waals surface area contributed by atoms with Crippen LogP contribution in [0.25, 0.3) is 0 Å². The maximum Gasteiger partial charge on any atom is 0.472 e. The molecule has 0 aromatic rings. The first-order valence-electron chi connectivity index (χ1n) is 40.3. The fraction of sp³-hybridized carbons (Fsp3) is 0.949. The topological polar surface area (TPSA) is 237 Å². The lowest BCUT2D eigenvalue weighted by Crippen LogP contribution is -2.30. The number of hydrogen-bond acceptors (Lipinski definition) is 15. The highest BCUT2D eigenvalue weighted by Gasteiger charge is 2.30. The van der Waals surface area contributed by atoms with Crippen molar-refractivity contribution < 1.29 is 80.2 Å². The minimum absolute atomic E-state index is 0.103. The second kappa shape index (κ2) is 67.2. The Morgan fingerprint density at radius 1 is 0.289 bits per heavy atom. The van der Waals surface area contributed by atoms with Gasteiger partial charge in [0.2, 0.25) is 0 Å². The number of carbonyl (C=O) groups excluding carboxylic acids is 4. The summed E-state index contributed by atoms with van der Waals surface area (Å²) in [5.41, 5.74) is 0. The highest BCUT2D eigenvalue weighted by atomic mass is 31.2. The minimum Gasteiger partial charge on any atom is -0.462 e. The van der Waals surface area contributed by atoms with Crippen molar-refractivity contribution in [3.63, 3.8) is 0 Å². The van der Waals surface area contributed by atoms with E-state index in [4.69, 9.17) is 37.0 Å². The van der Waals surface area contributed by atoms with Crippen LogP contribution in [0, 0.1) is 23.7 Å². The van der Waals surface area contributed by atoms with E-state index < -0.39 is 97.5 Å². The van der Waals surface area contributed by atoms with Crippen LogP contribution in [0.1, 0.15) is 396 Å². The first-order chi connectivity index (χ1) is 46.7. The molecule has 0 aliphatic rings. The Morgan fingerprint density at radius 2 is 0.495 bits per heavy atom. The van der Waals surface area contributed by atoms with Gasteiger partial charge in [-0.3, -0.25) is 37.3 Å². The van der Waals surface area contributed by atoms with Crippen molar-refractivity contribution in [2.75, 3.05) is 39.6 Å². The summed E-state index contributed by atoms with van der Waals surface area (Å²) in [5, 5.41) is 10.6. The number of phosphoric ester groups is 2. The fourth-order valence-electron chi connectivity index (χ4n) is 11.8. The summed E-state index contributed by atoms with van der Waals surface area (Å²) in [6, 6.07) is 0. The van der Waals surface area contributed by atoms with Gasteiger partial charge in [0.05, 0.1) is 26.4 Å². The molecule has 576 valence electrons. The molecule has 3 N–H and O–H groups in total. The zero-order chi connectivity index (χ0) is 71.7. The molecule has 0 aromatic heterocycles. The summed E-state index contributed by atoms with van der Waals surface area (Å²) in [6.45, 7) is 14.2. The molecule has 0 spiro atoms. The highest BCUT2D eigenvalue weighted by Crippen LogP contribution is 2.45. The molecule has 4 unspecified atom stereocenters. The number of aliphatic hydroxyl groups is 1. The van der Waals surface area contributed by atoms with Gasteiger partial charge >= 0.3 is 39.5 Å². The van der Waals surface area contributed by atoms with Crippen molar-refractivity contribution in [3.05, 3.63) is 0 Å². The lowest BCUT2D eigenvalue weighted by atomic mass is 10.00. The summed E-state index contributed by atoms with van der Waals surface area (Å²) in [5.74, 6) is 0.937. The quantitative estimate of drug-likeness (QED) is 0.0222. The Hall–Kier alpha value is -1.94. The Labute approximate surface area is 594 Å². The van der Waals surface area contributed by atoms with E-state index in [0.717, 1.165) is 120 Å². The Balaban J connectivity index is 5.15. The first-order valence-corrected chi connectivity index (χ1v) is 43.3. The van der Waals surface area contributed by atoms with E-state index in [2.05, 4.69) is 55.4 Å². The Kier molecular flexibility index (Phi) is 65.9. The van der Waals surface area contributed by atoms with Crippen molar-refractivity contribution in [1.29, 1.82) is 0 Å². The number of unbranched alkanes of at least 4 members (excludes halogenated alkanes) is 39. The Bertz CT molecular complexity index is 1910. The molecular weight excluding hydrogens is 1270 g/mol. The van der Waals surface area contributed by atoms with Gasteiger partial charge in [-0.1, -0.05) is 344 Å². The van der Waals surface area contributed by atoms with Crippen LogP contribution < -0.4 is 0 Å². The van der Waals surface area contributed by atoms with Gasteiger partial charge < -0.3 is 33.8 Å². The van der Waals surface area contributed by atoms with Crippen LogP contribution in [-0.4, -0.2) is 96.7 Å². The second-order valence-electron chi connectivity index (χ2n) is 29.5. The lowest BCUT2D eigenvalue weighted by Gasteiger charge is -2.21. The van der Waals surface area contributed by atoms with Gasteiger partial charge in [-0.15, -0.1) is 0 Å². The Morgan fingerprint density at radius 3 is 0.732 bits per heavy atom. The molecule has 17 nitrogen and oxygen atoms in total. The number of esters is 4. The summed E-state index contributed by atoms with van der Waals surface area (Å²) in [7, 11) is -9.91. The molecular formula is C78H152O17P2. The van der Waals surface area contributed by atoms with Crippen molar-refractivity contribution in [2.24, 2.45) is 23.7 Å². The molecule has 0 heterocycles. The van der Waals surface area contributed by atoms with E-state index in [1.165, 1.54) is 193 Å². The predicted molar refractivity (Wildman–Crippen MR) is 395 cm³/mol. The van der Waals surface area contributed by atoms with E-state index in [-0.39, 0.29) is 25.7 Å². The molecule has 7 atom stereocenters. The molecule has 97 heavy (non-hydrogen) atoms. The zero-order valence-corrected chi connectivity index (χ0v) is 65.5. The maximum atomic E-state index is 13.1. The van der Waals surface area contributed by atoms with Crippen molar-refractivity contribution >= 4 is 39.5 Å². The average molecular weight is 1420 g/mol. The second-order valence-corrected chi connectivity index (χ2v) is 32.4. The minimum atomic E-state index is -4.96. The van der Waals surface area contributed by atoms with Crippen LogP contribution in [0.5, 0.6) is 0 Å². The molecule has 0 saturated carbocycles. The number of aliphatic hydroxyl groups excluding tert-OH is 1. The van der Waals surface area contributed by atoms with Crippen LogP contribution in [0.3, 0.4) is 0 Å². The van der Waals surface area contributed by atoms with Crippen LogP contribution in [0.2, 0.25) is 0 Å². The molecule has 0 aliphatic heterocycles. The number of phosphoric acid groups is 2. The van der Waals surface area contributed by atoms with E-state index in [9.17, 15) is 43.2 Å². The van der Waals surface area contributed by atoms with E-state index in [1.807, 2.05) is 0 Å². The van der Waals surface area contributed by atoms with Crippen LogP contribution >= 0.6 is 15.6 Å². The first kappa shape index (κ1) is 95.1. The van der Waals surface area contributed by atoms with Gasteiger partial charge in [-0.25, -0.2) is 9.13 Å². The average Bonchev–Trinajstić information content (AvgIpc) is 1.22. The van der Waals surface area contributed by atoms with Gasteiger partial charge in [0, 0.05) is 25.7 Å².